The van der Waals surface area contributed by atoms with Crippen LogP contribution in [0.25, 0.3) is 0 Å². The summed E-state index contributed by atoms with van der Waals surface area (Å²) in [6, 6.07) is 10.5. The number of nitrogens with one attached hydrogen (secondary N) is 2. The number of hydrogen-bond donors (Lipinski definition) is 2. The van der Waals surface area contributed by atoms with Crippen LogP contribution in [0.4, 0.5) is 17.1 Å². The van der Waals surface area contributed by atoms with Crippen LogP contribution < -0.4 is 15.5 Å². The maximum Gasteiger partial charge on any atom is 0.274 e. The topological polar surface area (TPSA) is 94.6 Å². The molecule has 0 spiro atoms. The van der Waals surface area contributed by atoms with Crippen LogP contribution in [0.1, 0.15) is 24.3 Å². The molecule has 2 aromatic rings. The van der Waals surface area contributed by atoms with E-state index in [-0.39, 0.29) is 17.7 Å². The second kappa shape index (κ2) is 8.51. The third-order valence-electron chi connectivity index (χ3n) is 4.51. The molecular weight excluding hydrogens is 358 g/mol. The van der Waals surface area contributed by atoms with Crippen molar-refractivity contribution < 1.29 is 14.4 Å². The lowest BCUT2D eigenvalue weighted by molar-refractivity contribution is -0.129. The monoisotopic (exact) mass is 381 g/mol. The van der Waals surface area contributed by atoms with E-state index in [0.29, 0.717) is 30.2 Å². The number of piperazine rings is 1. The van der Waals surface area contributed by atoms with Crippen LogP contribution >= 0.6 is 0 Å². The minimum atomic E-state index is -0.326. The molecule has 28 heavy (non-hydrogen) atoms. The van der Waals surface area contributed by atoms with Gasteiger partial charge in [-0.05, 0) is 30.3 Å². The Balaban J connectivity index is 1.61. The molecule has 0 radical (unpaired) electrons. The number of amides is 3. The number of pyridine rings is 1. The number of benzene rings is 1. The number of hydrogen-bond acceptors (Lipinski definition) is 5. The zero-order valence-electron chi connectivity index (χ0n) is 15.9. The van der Waals surface area contributed by atoms with Gasteiger partial charge in [-0.2, -0.15) is 0 Å². The van der Waals surface area contributed by atoms with Crippen LogP contribution in [-0.4, -0.2) is 53.8 Å². The molecular formula is C20H23N5O3. The number of aromatic nitrogens is 1. The van der Waals surface area contributed by atoms with Crippen molar-refractivity contribution >= 4 is 34.8 Å². The van der Waals surface area contributed by atoms with Crippen molar-refractivity contribution in [3.8, 4) is 0 Å². The van der Waals surface area contributed by atoms with Crippen molar-refractivity contribution in [1.82, 2.24) is 9.88 Å². The lowest BCUT2D eigenvalue weighted by Gasteiger charge is -2.35. The first kappa shape index (κ1) is 19.3. The van der Waals surface area contributed by atoms with E-state index in [1.807, 2.05) is 11.0 Å². The average Bonchev–Trinajstić information content (AvgIpc) is 2.68. The Morgan fingerprint density at radius 1 is 0.929 bits per heavy atom. The quantitative estimate of drug-likeness (QED) is 0.844. The molecule has 0 saturated carbocycles. The second-order valence-electron chi connectivity index (χ2n) is 6.61. The maximum atomic E-state index is 12.4. The van der Waals surface area contributed by atoms with Crippen molar-refractivity contribution in [2.24, 2.45) is 0 Å². The third-order valence-corrected chi connectivity index (χ3v) is 4.51. The molecule has 0 aliphatic carbocycles. The van der Waals surface area contributed by atoms with E-state index in [1.165, 1.54) is 6.92 Å². The minimum Gasteiger partial charge on any atom is -0.367 e. The summed E-state index contributed by atoms with van der Waals surface area (Å²) in [4.78, 5) is 43.2. The summed E-state index contributed by atoms with van der Waals surface area (Å²) >= 11 is 0. The van der Waals surface area contributed by atoms with Gasteiger partial charge in [0.05, 0.1) is 11.9 Å². The molecule has 146 valence electrons. The molecule has 1 aromatic heterocycles. The van der Waals surface area contributed by atoms with Gasteiger partial charge in [-0.3, -0.25) is 14.4 Å². The summed E-state index contributed by atoms with van der Waals surface area (Å²) in [5.74, 6) is -0.412. The minimum absolute atomic E-state index is 0.0902. The molecule has 8 heteroatoms. The number of carbonyl (C=O) groups excluding carboxylic acids is 3. The highest BCUT2D eigenvalue weighted by Gasteiger charge is 2.19. The van der Waals surface area contributed by atoms with Crippen molar-refractivity contribution in [2.45, 2.75) is 13.8 Å². The lowest BCUT2D eigenvalue weighted by Crippen LogP contribution is -2.48. The van der Waals surface area contributed by atoms with Gasteiger partial charge in [0.2, 0.25) is 11.8 Å². The normalized spacial score (nSPS) is 13.8. The highest BCUT2D eigenvalue weighted by Crippen LogP contribution is 2.18. The van der Waals surface area contributed by atoms with Gasteiger partial charge in [0.1, 0.15) is 5.69 Å². The average molecular weight is 381 g/mol. The van der Waals surface area contributed by atoms with Crippen LogP contribution in [0.15, 0.2) is 42.6 Å². The summed E-state index contributed by atoms with van der Waals surface area (Å²) in [5.41, 5.74) is 2.41. The molecule has 3 amide bonds. The molecule has 1 fully saturated rings. The van der Waals surface area contributed by atoms with Crippen molar-refractivity contribution in [3.63, 3.8) is 0 Å². The van der Waals surface area contributed by atoms with Gasteiger partial charge in [0, 0.05) is 51.4 Å². The Morgan fingerprint density at radius 2 is 1.61 bits per heavy atom. The fraction of sp³-hybridized carbons (Fsp3) is 0.300. The molecule has 1 aliphatic heterocycles. The molecule has 1 saturated heterocycles. The molecule has 0 atom stereocenters. The van der Waals surface area contributed by atoms with E-state index in [4.69, 9.17) is 0 Å². The first-order chi connectivity index (χ1) is 13.4. The predicted molar refractivity (Wildman–Crippen MR) is 107 cm³/mol. The highest BCUT2D eigenvalue weighted by atomic mass is 16.2. The fourth-order valence-corrected chi connectivity index (χ4v) is 3.06. The largest absolute Gasteiger partial charge is 0.367 e. The number of rotatable bonds is 4. The van der Waals surface area contributed by atoms with Crippen molar-refractivity contribution in [2.75, 3.05) is 41.7 Å². The van der Waals surface area contributed by atoms with E-state index in [1.54, 1.807) is 43.5 Å². The van der Waals surface area contributed by atoms with Gasteiger partial charge in [-0.25, -0.2) is 4.98 Å². The molecule has 0 unspecified atom stereocenters. The van der Waals surface area contributed by atoms with E-state index in [0.717, 1.165) is 18.8 Å². The highest BCUT2D eigenvalue weighted by molar-refractivity contribution is 6.03. The Kier molecular flexibility index (Phi) is 5.88. The van der Waals surface area contributed by atoms with Crippen LogP contribution in [0.3, 0.4) is 0 Å². The number of nitrogens with zero attached hydrogens (tertiary/aromatic N) is 3. The van der Waals surface area contributed by atoms with E-state index >= 15 is 0 Å². The van der Waals surface area contributed by atoms with Gasteiger partial charge >= 0.3 is 0 Å². The smallest absolute Gasteiger partial charge is 0.274 e. The van der Waals surface area contributed by atoms with Crippen LogP contribution in [0.5, 0.6) is 0 Å². The Morgan fingerprint density at radius 3 is 2.18 bits per heavy atom. The zero-order chi connectivity index (χ0) is 20.1. The molecule has 1 aliphatic rings. The fourth-order valence-electron chi connectivity index (χ4n) is 3.06. The van der Waals surface area contributed by atoms with Crippen LogP contribution in [0, 0.1) is 0 Å². The standard InChI is InChI=1S/C20H23N5O3/c1-14(26)22-16-4-3-5-17(12-16)23-20(28)19-7-6-18(13-21-19)25-10-8-24(9-11-25)15(2)27/h3-7,12-13H,8-11H2,1-2H3,(H,22,26)(H,23,28). The molecule has 2 N–H and O–H groups in total. The molecule has 2 heterocycles. The second-order valence-corrected chi connectivity index (χ2v) is 6.61. The Hall–Kier alpha value is -3.42. The van der Waals surface area contributed by atoms with Crippen LogP contribution in [-0.2, 0) is 9.59 Å². The Bertz CT molecular complexity index is 874. The predicted octanol–water partition coefficient (Wildman–Crippen LogP) is 1.96. The van der Waals surface area contributed by atoms with E-state index < -0.39 is 0 Å². The zero-order valence-corrected chi connectivity index (χ0v) is 15.9. The number of anilines is 3. The van der Waals surface area contributed by atoms with Crippen molar-refractivity contribution in [1.29, 1.82) is 0 Å². The van der Waals surface area contributed by atoms with Gasteiger partial charge in [0.25, 0.3) is 5.91 Å². The summed E-state index contributed by atoms with van der Waals surface area (Å²) < 4.78 is 0. The van der Waals surface area contributed by atoms with Crippen LogP contribution in [0.2, 0.25) is 0 Å². The molecule has 3 rings (SSSR count). The Labute approximate surface area is 163 Å². The van der Waals surface area contributed by atoms with E-state index in [2.05, 4.69) is 20.5 Å². The van der Waals surface area contributed by atoms with Gasteiger partial charge < -0.3 is 20.4 Å². The van der Waals surface area contributed by atoms with Crippen molar-refractivity contribution in [3.05, 3.63) is 48.3 Å². The van der Waals surface area contributed by atoms with E-state index in [9.17, 15) is 14.4 Å². The summed E-state index contributed by atoms with van der Waals surface area (Å²) in [7, 11) is 0. The molecule has 0 bridgehead atoms. The molecule has 8 nitrogen and oxygen atoms in total. The SMILES string of the molecule is CC(=O)Nc1cccc(NC(=O)c2ccc(N3CCN(C(C)=O)CC3)cn2)c1. The summed E-state index contributed by atoms with van der Waals surface area (Å²) in [5, 5.41) is 5.45. The third kappa shape index (κ3) is 4.85. The summed E-state index contributed by atoms with van der Waals surface area (Å²) in [6.45, 7) is 5.85. The van der Waals surface area contributed by atoms with Gasteiger partial charge in [-0.1, -0.05) is 6.07 Å². The maximum absolute atomic E-state index is 12.4. The number of carbonyl (C=O) groups is 3. The lowest BCUT2D eigenvalue weighted by atomic mass is 10.2. The molecule has 1 aromatic carbocycles. The first-order valence-corrected chi connectivity index (χ1v) is 9.08. The van der Waals surface area contributed by atoms with Gasteiger partial charge in [0.15, 0.2) is 0 Å². The summed E-state index contributed by atoms with van der Waals surface area (Å²) in [6.07, 6.45) is 1.67. The van der Waals surface area contributed by atoms with Gasteiger partial charge in [-0.15, -0.1) is 0 Å². The first-order valence-electron chi connectivity index (χ1n) is 9.08.